The molecule has 2 aromatic rings. The molecule has 0 saturated heterocycles. The van der Waals surface area contributed by atoms with Crippen LogP contribution in [0.3, 0.4) is 0 Å². The fourth-order valence-corrected chi connectivity index (χ4v) is 3.74. The van der Waals surface area contributed by atoms with Crippen LogP contribution in [0.5, 0.6) is 0 Å². The van der Waals surface area contributed by atoms with Crippen molar-refractivity contribution < 1.29 is 9.32 Å². The summed E-state index contributed by atoms with van der Waals surface area (Å²) in [6, 6.07) is 9.69. The molecular formula is C20H29ClN4O2. The minimum absolute atomic E-state index is 0. The average Bonchev–Trinajstić information content (AvgIpc) is 3.12. The largest absolute Gasteiger partial charge is 0.345 e. The number of nitrogens with one attached hydrogen (secondary N) is 1. The van der Waals surface area contributed by atoms with Crippen molar-refractivity contribution in [2.24, 2.45) is 11.1 Å². The van der Waals surface area contributed by atoms with Crippen LogP contribution in [0.1, 0.15) is 68.8 Å². The Bertz CT molecular complexity index is 714. The third-order valence-electron chi connectivity index (χ3n) is 5.32. The molecule has 1 aromatic heterocycles. The predicted octanol–water partition coefficient (Wildman–Crippen LogP) is 3.56. The summed E-state index contributed by atoms with van der Waals surface area (Å²) in [6.07, 6.45) is 6.71. The van der Waals surface area contributed by atoms with Gasteiger partial charge in [0.25, 0.3) is 0 Å². The summed E-state index contributed by atoms with van der Waals surface area (Å²) < 4.78 is 5.34. The Morgan fingerprint density at radius 3 is 2.63 bits per heavy atom. The Labute approximate surface area is 166 Å². The van der Waals surface area contributed by atoms with E-state index >= 15 is 0 Å². The zero-order valence-electron chi connectivity index (χ0n) is 15.8. The Balaban J connectivity index is 0.00000261. The number of benzene rings is 1. The van der Waals surface area contributed by atoms with E-state index < -0.39 is 0 Å². The van der Waals surface area contributed by atoms with E-state index in [0.29, 0.717) is 31.1 Å². The van der Waals surface area contributed by atoms with Gasteiger partial charge in [-0.3, -0.25) is 4.79 Å². The summed E-state index contributed by atoms with van der Waals surface area (Å²) in [6.45, 7) is 2.43. The Morgan fingerprint density at radius 2 is 1.96 bits per heavy atom. The van der Waals surface area contributed by atoms with Crippen LogP contribution in [0.25, 0.3) is 0 Å². The third-order valence-corrected chi connectivity index (χ3v) is 5.32. The highest BCUT2D eigenvalue weighted by Gasteiger charge is 2.33. The molecule has 1 unspecified atom stereocenters. The van der Waals surface area contributed by atoms with E-state index in [4.69, 9.17) is 10.3 Å². The van der Waals surface area contributed by atoms with E-state index in [1.165, 1.54) is 6.42 Å². The van der Waals surface area contributed by atoms with Gasteiger partial charge in [0.1, 0.15) is 6.04 Å². The van der Waals surface area contributed by atoms with Crippen LogP contribution in [0.4, 0.5) is 0 Å². The number of halogens is 1. The molecule has 7 heteroatoms. The van der Waals surface area contributed by atoms with Gasteiger partial charge in [-0.15, -0.1) is 12.4 Å². The Kier molecular flexibility index (Phi) is 7.80. The van der Waals surface area contributed by atoms with Gasteiger partial charge < -0.3 is 15.6 Å². The SMILES string of the molecule is CC(NC(=O)CC1(CN)CCCCC1)c1nc(Cc2ccccc2)no1.Cl. The van der Waals surface area contributed by atoms with E-state index in [1.54, 1.807) is 0 Å². The topological polar surface area (TPSA) is 94.0 Å². The number of hydrogen-bond acceptors (Lipinski definition) is 5. The molecule has 1 aromatic carbocycles. The molecule has 3 N–H and O–H groups in total. The lowest BCUT2D eigenvalue weighted by atomic mass is 9.71. The maximum absolute atomic E-state index is 12.5. The van der Waals surface area contributed by atoms with Crippen molar-refractivity contribution in [3.8, 4) is 0 Å². The lowest BCUT2D eigenvalue weighted by molar-refractivity contribution is -0.124. The van der Waals surface area contributed by atoms with Crippen LogP contribution in [0, 0.1) is 5.41 Å². The molecule has 3 rings (SSSR count). The molecule has 0 aliphatic heterocycles. The van der Waals surface area contributed by atoms with Gasteiger partial charge >= 0.3 is 0 Å². The van der Waals surface area contributed by atoms with Crippen LogP contribution < -0.4 is 11.1 Å². The maximum Gasteiger partial charge on any atom is 0.248 e. The molecule has 1 aliphatic rings. The monoisotopic (exact) mass is 392 g/mol. The van der Waals surface area contributed by atoms with Crippen molar-refractivity contribution in [3.05, 3.63) is 47.6 Å². The molecule has 1 saturated carbocycles. The standard InChI is InChI=1S/C20H28N4O2.ClH/c1-15(22-18(25)13-20(14-21)10-6-3-7-11-20)19-23-17(24-26-19)12-16-8-4-2-5-9-16;/h2,4-5,8-9,15H,3,6-7,10-14,21H2,1H3,(H,22,25);1H. The second-order valence-electron chi connectivity index (χ2n) is 7.44. The Hall–Kier alpha value is -1.92. The first kappa shape index (κ1) is 21.4. The molecule has 0 spiro atoms. The van der Waals surface area contributed by atoms with Crippen molar-refractivity contribution in [2.45, 2.75) is 57.9 Å². The third kappa shape index (κ3) is 5.78. The summed E-state index contributed by atoms with van der Waals surface area (Å²) in [5.41, 5.74) is 7.06. The van der Waals surface area contributed by atoms with Crippen LogP contribution in [-0.4, -0.2) is 22.6 Å². The Morgan fingerprint density at radius 1 is 1.26 bits per heavy atom. The first-order chi connectivity index (χ1) is 12.6. The predicted molar refractivity (Wildman–Crippen MR) is 107 cm³/mol. The summed E-state index contributed by atoms with van der Waals surface area (Å²) in [7, 11) is 0. The number of amides is 1. The minimum Gasteiger partial charge on any atom is -0.345 e. The lowest BCUT2D eigenvalue weighted by Crippen LogP contribution is -2.39. The first-order valence-corrected chi connectivity index (χ1v) is 9.46. The van der Waals surface area contributed by atoms with Gasteiger partial charge in [0.15, 0.2) is 5.82 Å². The van der Waals surface area contributed by atoms with Crippen molar-refractivity contribution in [3.63, 3.8) is 0 Å². The van der Waals surface area contributed by atoms with Crippen LogP contribution >= 0.6 is 12.4 Å². The van der Waals surface area contributed by atoms with Gasteiger partial charge in [0.05, 0.1) is 0 Å². The van der Waals surface area contributed by atoms with Crippen LogP contribution in [0.15, 0.2) is 34.9 Å². The second kappa shape index (κ2) is 9.85. The molecule has 148 valence electrons. The summed E-state index contributed by atoms with van der Waals surface area (Å²) in [5, 5.41) is 7.02. The summed E-state index contributed by atoms with van der Waals surface area (Å²) in [4.78, 5) is 16.9. The number of carbonyl (C=O) groups is 1. The number of rotatable bonds is 7. The molecule has 1 amide bonds. The quantitative estimate of drug-likeness (QED) is 0.751. The van der Waals surface area contributed by atoms with E-state index in [1.807, 2.05) is 37.3 Å². The van der Waals surface area contributed by atoms with Gasteiger partial charge in [-0.1, -0.05) is 54.8 Å². The first-order valence-electron chi connectivity index (χ1n) is 9.46. The molecule has 1 aliphatic carbocycles. The van der Waals surface area contributed by atoms with E-state index in [2.05, 4.69) is 15.5 Å². The molecule has 27 heavy (non-hydrogen) atoms. The zero-order chi connectivity index (χ0) is 18.4. The van der Waals surface area contributed by atoms with Gasteiger partial charge in [-0.2, -0.15) is 4.98 Å². The molecular weight excluding hydrogens is 364 g/mol. The van der Waals surface area contributed by atoms with E-state index in [-0.39, 0.29) is 29.8 Å². The molecule has 1 atom stereocenters. The van der Waals surface area contributed by atoms with E-state index in [0.717, 1.165) is 31.2 Å². The summed E-state index contributed by atoms with van der Waals surface area (Å²) >= 11 is 0. The number of carbonyl (C=O) groups excluding carboxylic acids is 1. The zero-order valence-corrected chi connectivity index (χ0v) is 16.6. The second-order valence-corrected chi connectivity index (χ2v) is 7.44. The van der Waals surface area contributed by atoms with Crippen LogP contribution in [0.2, 0.25) is 0 Å². The van der Waals surface area contributed by atoms with Crippen molar-refractivity contribution in [1.82, 2.24) is 15.5 Å². The molecule has 0 bridgehead atoms. The molecule has 1 heterocycles. The van der Waals surface area contributed by atoms with Crippen LogP contribution in [-0.2, 0) is 11.2 Å². The highest BCUT2D eigenvalue weighted by atomic mass is 35.5. The lowest BCUT2D eigenvalue weighted by Gasteiger charge is -2.35. The van der Waals surface area contributed by atoms with Gasteiger partial charge in [-0.25, -0.2) is 0 Å². The highest BCUT2D eigenvalue weighted by Crippen LogP contribution is 2.38. The van der Waals surface area contributed by atoms with Crippen molar-refractivity contribution in [2.75, 3.05) is 6.54 Å². The van der Waals surface area contributed by atoms with Crippen molar-refractivity contribution in [1.29, 1.82) is 0 Å². The number of nitrogens with two attached hydrogens (primary N) is 1. The number of hydrogen-bond donors (Lipinski definition) is 2. The fraction of sp³-hybridized carbons (Fsp3) is 0.550. The van der Waals surface area contributed by atoms with Gasteiger partial charge in [0, 0.05) is 12.8 Å². The number of aromatic nitrogens is 2. The van der Waals surface area contributed by atoms with Gasteiger partial charge in [0.2, 0.25) is 11.8 Å². The molecule has 0 radical (unpaired) electrons. The number of nitrogens with zero attached hydrogens (tertiary/aromatic N) is 2. The maximum atomic E-state index is 12.5. The molecule has 1 fully saturated rings. The van der Waals surface area contributed by atoms with Gasteiger partial charge in [-0.05, 0) is 37.3 Å². The fourth-order valence-electron chi connectivity index (χ4n) is 3.74. The van der Waals surface area contributed by atoms with E-state index in [9.17, 15) is 4.79 Å². The van der Waals surface area contributed by atoms with Crippen molar-refractivity contribution >= 4 is 18.3 Å². The highest BCUT2D eigenvalue weighted by molar-refractivity contribution is 5.85. The normalized spacial score (nSPS) is 17.0. The molecule has 6 nitrogen and oxygen atoms in total. The minimum atomic E-state index is -0.307. The average molecular weight is 393 g/mol. The smallest absolute Gasteiger partial charge is 0.248 e. The summed E-state index contributed by atoms with van der Waals surface area (Å²) in [5.74, 6) is 1.07.